The van der Waals surface area contributed by atoms with Crippen molar-refractivity contribution in [1.82, 2.24) is 4.98 Å². The van der Waals surface area contributed by atoms with E-state index in [0.717, 1.165) is 29.1 Å². The zero-order chi connectivity index (χ0) is 15.0. The minimum Gasteiger partial charge on any atom is -0.382 e. The lowest BCUT2D eigenvalue weighted by Gasteiger charge is -2.17. The highest BCUT2D eigenvalue weighted by Crippen LogP contribution is 2.36. The fourth-order valence-electron chi connectivity index (χ4n) is 2.79. The lowest BCUT2D eigenvalue weighted by atomic mass is 10.1. The number of fused-ring (bicyclic) bond motifs is 1. The summed E-state index contributed by atoms with van der Waals surface area (Å²) in [5.41, 5.74) is 1.92. The first-order valence-electron chi connectivity index (χ1n) is 7.35. The van der Waals surface area contributed by atoms with Gasteiger partial charge >= 0.3 is 0 Å². The van der Waals surface area contributed by atoms with E-state index >= 15 is 0 Å². The quantitative estimate of drug-likeness (QED) is 0.664. The summed E-state index contributed by atoms with van der Waals surface area (Å²) in [6, 6.07) is 5.65. The van der Waals surface area contributed by atoms with Crippen LogP contribution in [0.15, 0.2) is 24.4 Å². The lowest BCUT2D eigenvalue weighted by molar-refractivity contribution is -0.383. The molecule has 1 fully saturated rings. The van der Waals surface area contributed by atoms with Gasteiger partial charge in [-0.3, -0.25) is 15.1 Å². The molecule has 3 rings (SSSR count). The Morgan fingerprint density at radius 2 is 2.19 bits per heavy atom. The maximum absolute atomic E-state index is 11.1. The molecule has 0 bridgehead atoms. The van der Waals surface area contributed by atoms with E-state index in [-0.39, 0.29) is 10.6 Å². The van der Waals surface area contributed by atoms with Crippen LogP contribution in [0.25, 0.3) is 10.8 Å². The van der Waals surface area contributed by atoms with Crippen molar-refractivity contribution in [3.63, 3.8) is 0 Å². The SMILES string of the molecule is Cc1cc2c(NC(C)CC3CC3)ccc([N+](=O)[O-])c2cn1. The lowest BCUT2D eigenvalue weighted by Crippen LogP contribution is -2.16. The third kappa shape index (κ3) is 2.96. The first-order chi connectivity index (χ1) is 10.0. The molecule has 1 aliphatic rings. The predicted octanol–water partition coefficient (Wildman–Crippen LogP) is 4.05. The molecule has 1 unspecified atom stereocenters. The maximum Gasteiger partial charge on any atom is 0.278 e. The first kappa shape index (κ1) is 13.8. The average molecular weight is 285 g/mol. The molecular weight excluding hydrogens is 266 g/mol. The highest BCUT2D eigenvalue weighted by atomic mass is 16.6. The fourth-order valence-corrected chi connectivity index (χ4v) is 2.79. The number of non-ortho nitro benzene ring substituents is 1. The third-order valence-corrected chi connectivity index (χ3v) is 4.00. The van der Waals surface area contributed by atoms with Crippen molar-refractivity contribution < 1.29 is 4.92 Å². The number of anilines is 1. The molecule has 1 aliphatic carbocycles. The van der Waals surface area contributed by atoms with Gasteiger partial charge in [0, 0.05) is 35.1 Å². The number of nitro groups is 1. The summed E-state index contributed by atoms with van der Waals surface area (Å²) in [6.45, 7) is 4.06. The van der Waals surface area contributed by atoms with Gasteiger partial charge in [0.25, 0.3) is 5.69 Å². The van der Waals surface area contributed by atoms with E-state index < -0.39 is 0 Å². The van der Waals surface area contributed by atoms with Crippen molar-refractivity contribution >= 4 is 22.1 Å². The number of hydrogen-bond donors (Lipinski definition) is 1. The van der Waals surface area contributed by atoms with Crippen LogP contribution in [0.1, 0.15) is 31.9 Å². The zero-order valence-corrected chi connectivity index (χ0v) is 12.3. The molecule has 1 saturated carbocycles. The van der Waals surface area contributed by atoms with Gasteiger partial charge < -0.3 is 5.32 Å². The van der Waals surface area contributed by atoms with Gasteiger partial charge in [0.05, 0.1) is 10.3 Å². The van der Waals surface area contributed by atoms with Gasteiger partial charge in [-0.05, 0) is 38.3 Å². The molecule has 1 heterocycles. The molecule has 110 valence electrons. The number of aromatic nitrogens is 1. The Kier molecular flexibility index (Phi) is 3.49. The summed E-state index contributed by atoms with van der Waals surface area (Å²) in [5.74, 6) is 0.847. The number of nitrogens with zero attached hydrogens (tertiary/aromatic N) is 2. The van der Waals surface area contributed by atoms with Crippen LogP contribution in [0.2, 0.25) is 0 Å². The van der Waals surface area contributed by atoms with Gasteiger partial charge in [-0.2, -0.15) is 0 Å². The van der Waals surface area contributed by atoms with Crippen molar-refractivity contribution in [2.75, 3.05) is 5.32 Å². The highest BCUT2D eigenvalue weighted by molar-refractivity contribution is 5.99. The van der Waals surface area contributed by atoms with Gasteiger partial charge in [0.1, 0.15) is 0 Å². The van der Waals surface area contributed by atoms with Crippen molar-refractivity contribution in [3.05, 3.63) is 40.2 Å². The minimum atomic E-state index is -0.350. The topological polar surface area (TPSA) is 68.1 Å². The van der Waals surface area contributed by atoms with Gasteiger partial charge in [-0.25, -0.2) is 0 Å². The Bertz CT molecular complexity index is 695. The Balaban J connectivity index is 1.99. The summed E-state index contributed by atoms with van der Waals surface area (Å²) >= 11 is 0. The standard InChI is InChI=1S/C16H19N3O2/c1-10-8-13-14(9-17-10)16(19(20)21)6-5-15(13)18-11(2)7-12-3-4-12/h5-6,8-9,11-12,18H,3-4,7H2,1-2H3. The summed E-state index contributed by atoms with van der Waals surface area (Å²) in [7, 11) is 0. The zero-order valence-electron chi connectivity index (χ0n) is 12.3. The van der Waals surface area contributed by atoms with Crippen molar-refractivity contribution in [2.24, 2.45) is 5.92 Å². The number of nitrogens with one attached hydrogen (secondary N) is 1. The number of pyridine rings is 1. The Labute approximate surface area is 123 Å². The summed E-state index contributed by atoms with van der Waals surface area (Å²) in [6.07, 6.45) is 5.41. The molecule has 2 aromatic rings. The van der Waals surface area contributed by atoms with Crippen LogP contribution in [-0.2, 0) is 0 Å². The number of benzene rings is 1. The maximum atomic E-state index is 11.1. The molecule has 1 N–H and O–H groups in total. The minimum absolute atomic E-state index is 0.109. The van der Waals surface area contributed by atoms with Crippen LogP contribution < -0.4 is 5.32 Å². The highest BCUT2D eigenvalue weighted by Gasteiger charge is 2.24. The van der Waals surface area contributed by atoms with Crippen LogP contribution in [0.4, 0.5) is 11.4 Å². The van der Waals surface area contributed by atoms with Crippen molar-refractivity contribution in [1.29, 1.82) is 0 Å². The molecule has 5 nitrogen and oxygen atoms in total. The van der Waals surface area contributed by atoms with E-state index in [0.29, 0.717) is 11.4 Å². The Hall–Kier alpha value is -2.17. The van der Waals surface area contributed by atoms with E-state index in [1.54, 1.807) is 12.3 Å². The average Bonchev–Trinajstić information content (AvgIpc) is 3.22. The molecule has 0 saturated heterocycles. The number of aryl methyl sites for hydroxylation is 1. The molecule has 5 heteroatoms. The van der Waals surface area contributed by atoms with Gasteiger partial charge in [0.15, 0.2) is 0 Å². The van der Waals surface area contributed by atoms with E-state index in [1.165, 1.54) is 12.8 Å². The second-order valence-corrected chi connectivity index (χ2v) is 5.99. The number of nitro benzene ring substituents is 1. The Morgan fingerprint density at radius 1 is 1.43 bits per heavy atom. The molecule has 0 radical (unpaired) electrons. The van der Waals surface area contributed by atoms with Crippen LogP contribution in [-0.4, -0.2) is 15.9 Å². The number of hydrogen-bond acceptors (Lipinski definition) is 4. The van der Waals surface area contributed by atoms with Gasteiger partial charge in [-0.1, -0.05) is 12.8 Å². The van der Waals surface area contributed by atoms with Crippen LogP contribution in [0.3, 0.4) is 0 Å². The van der Waals surface area contributed by atoms with Gasteiger partial charge in [0.2, 0.25) is 0 Å². The largest absolute Gasteiger partial charge is 0.382 e. The van der Waals surface area contributed by atoms with E-state index in [4.69, 9.17) is 0 Å². The molecule has 1 aromatic carbocycles. The monoisotopic (exact) mass is 285 g/mol. The van der Waals surface area contributed by atoms with Crippen LogP contribution in [0.5, 0.6) is 0 Å². The van der Waals surface area contributed by atoms with Crippen molar-refractivity contribution in [3.8, 4) is 0 Å². The Morgan fingerprint density at radius 3 is 2.86 bits per heavy atom. The molecule has 0 aliphatic heterocycles. The summed E-state index contributed by atoms with van der Waals surface area (Å²) < 4.78 is 0. The van der Waals surface area contributed by atoms with Crippen molar-refractivity contribution in [2.45, 2.75) is 39.2 Å². The third-order valence-electron chi connectivity index (χ3n) is 4.00. The van der Waals surface area contributed by atoms with Gasteiger partial charge in [-0.15, -0.1) is 0 Å². The van der Waals surface area contributed by atoms with Crippen LogP contribution >= 0.6 is 0 Å². The normalized spacial score (nSPS) is 15.9. The summed E-state index contributed by atoms with van der Waals surface area (Å²) in [5, 5.41) is 16.1. The molecule has 1 aromatic heterocycles. The smallest absolute Gasteiger partial charge is 0.278 e. The second-order valence-electron chi connectivity index (χ2n) is 5.99. The molecular formula is C16H19N3O2. The molecule has 1 atom stereocenters. The molecule has 0 amide bonds. The van der Waals surface area contributed by atoms with E-state index in [9.17, 15) is 10.1 Å². The first-order valence-corrected chi connectivity index (χ1v) is 7.35. The van der Waals surface area contributed by atoms with E-state index in [2.05, 4.69) is 17.2 Å². The van der Waals surface area contributed by atoms with E-state index in [1.807, 2.05) is 19.1 Å². The predicted molar refractivity (Wildman–Crippen MR) is 83.6 cm³/mol. The number of rotatable bonds is 5. The molecule has 21 heavy (non-hydrogen) atoms. The fraction of sp³-hybridized carbons (Fsp3) is 0.438. The van der Waals surface area contributed by atoms with Crippen LogP contribution in [0, 0.1) is 23.0 Å². The summed E-state index contributed by atoms with van der Waals surface area (Å²) in [4.78, 5) is 15.0. The second kappa shape index (κ2) is 5.31. The molecule has 0 spiro atoms.